The van der Waals surface area contributed by atoms with E-state index in [9.17, 15) is 4.39 Å². The van der Waals surface area contributed by atoms with Crippen LogP contribution in [0.25, 0.3) is 0 Å². The molecule has 112 valence electrons. The lowest BCUT2D eigenvalue weighted by Crippen LogP contribution is -2.46. The highest BCUT2D eigenvalue weighted by Gasteiger charge is 2.40. The van der Waals surface area contributed by atoms with E-state index in [1.807, 2.05) is 20.9 Å². The number of halogens is 1. The van der Waals surface area contributed by atoms with Gasteiger partial charge in [-0.25, -0.2) is 4.39 Å². The molecule has 0 spiro atoms. The van der Waals surface area contributed by atoms with Gasteiger partial charge in [-0.2, -0.15) is 0 Å². The van der Waals surface area contributed by atoms with Crippen molar-refractivity contribution in [3.63, 3.8) is 0 Å². The van der Waals surface area contributed by atoms with Gasteiger partial charge < -0.3 is 10.1 Å². The van der Waals surface area contributed by atoms with Crippen LogP contribution in [0.15, 0.2) is 18.2 Å². The van der Waals surface area contributed by atoms with Crippen LogP contribution in [-0.2, 0) is 4.74 Å². The van der Waals surface area contributed by atoms with Crippen molar-refractivity contribution in [2.45, 2.75) is 57.6 Å². The smallest absolute Gasteiger partial charge is 0.123 e. The zero-order valence-corrected chi connectivity index (χ0v) is 12.8. The maximum absolute atomic E-state index is 13.7. The lowest BCUT2D eigenvalue weighted by molar-refractivity contribution is -0.0898. The molecule has 0 amide bonds. The van der Waals surface area contributed by atoms with Crippen LogP contribution < -0.4 is 5.32 Å². The number of hydrogen-bond donors (Lipinski definition) is 1. The van der Waals surface area contributed by atoms with Gasteiger partial charge in [0.05, 0.1) is 11.6 Å². The van der Waals surface area contributed by atoms with E-state index < -0.39 is 0 Å². The van der Waals surface area contributed by atoms with Crippen LogP contribution in [0.3, 0.4) is 0 Å². The summed E-state index contributed by atoms with van der Waals surface area (Å²) in [4.78, 5) is 0. The van der Waals surface area contributed by atoms with Gasteiger partial charge in [0, 0.05) is 6.61 Å². The van der Waals surface area contributed by atoms with Gasteiger partial charge in [0.15, 0.2) is 0 Å². The summed E-state index contributed by atoms with van der Waals surface area (Å²) in [7, 11) is 1.94. The Morgan fingerprint density at radius 1 is 1.25 bits per heavy atom. The van der Waals surface area contributed by atoms with Crippen LogP contribution in [0.4, 0.5) is 4.39 Å². The van der Waals surface area contributed by atoms with Crippen molar-refractivity contribution < 1.29 is 9.13 Å². The quantitative estimate of drug-likeness (QED) is 0.875. The highest BCUT2D eigenvalue weighted by atomic mass is 19.1. The van der Waals surface area contributed by atoms with Crippen LogP contribution in [0, 0.1) is 12.7 Å². The minimum Gasteiger partial charge on any atom is -0.373 e. The minimum atomic E-state index is -0.192. The molecule has 0 saturated heterocycles. The molecule has 1 fully saturated rings. The summed E-state index contributed by atoms with van der Waals surface area (Å²) in [5, 5.41) is 3.38. The molecule has 0 aliphatic heterocycles. The first kappa shape index (κ1) is 15.5. The second-order valence-corrected chi connectivity index (χ2v) is 5.84. The largest absolute Gasteiger partial charge is 0.373 e. The number of likely N-dealkylation sites (N-methyl/N-ethyl adjacent to an activating group) is 1. The molecule has 0 heterocycles. The van der Waals surface area contributed by atoms with Gasteiger partial charge in [0.25, 0.3) is 0 Å². The molecule has 0 radical (unpaired) electrons. The van der Waals surface area contributed by atoms with Gasteiger partial charge in [-0.3, -0.25) is 0 Å². The first-order valence-electron chi connectivity index (χ1n) is 7.69. The molecule has 3 heteroatoms. The van der Waals surface area contributed by atoms with Crippen molar-refractivity contribution in [1.82, 2.24) is 5.32 Å². The Hall–Kier alpha value is -0.930. The van der Waals surface area contributed by atoms with Crippen LogP contribution in [0.1, 0.15) is 56.2 Å². The van der Waals surface area contributed by atoms with Gasteiger partial charge in [-0.15, -0.1) is 0 Å². The van der Waals surface area contributed by atoms with Crippen molar-refractivity contribution in [1.29, 1.82) is 0 Å². The standard InChI is InChI=1S/C17H26FNO/c1-4-20-17(8-6-5-7-9-17)16(19-3)14-10-13(2)11-15(18)12-14/h10-12,16,19H,4-9H2,1-3H3. The predicted molar refractivity (Wildman–Crippen MR) is 80.4 cm³/mol. The first-order chi connectivity index (χ1) is 9.61. The van der Waals surface area contributed by atoms with Crippen molar-refractivity contribution in [3.8, 4) is 0 Å². The molecule has 1 aliphatic carbocycles. The molecule has 1 aromatic carbocycles. The molecular weight excluding hydrogens is 253 g/mol. The molecule has 1 aliphatic rings. The SMILES string of the molecule is CCOC1(C(NC)c2cc(C)cc(F)c2)CCCCC1. The molecule has 1 N–H and O–H groups in total. The van der Waals surface area contributed by atoms with E-state index in [1.54, 1.807) is 12.1 Å². The number of benzene rings is 1. The molecule has 0 aromatic heterocycles. The third-order valence-corrected chi connectivity index (χ3v) is 4.34. The average Bonchev–Trinajstić information content (AvgIpc) is 2.39. The summed E-state index contributed by atoms with van der Waals surface area (Å²) in [5.41, 5.74) is 1.77. The topological polar surface area (TPSA) is 21.3 Å². The Balaban J connectivity index is 2.36. The Kier molecular flexibility index (Phi) is 5.17. The van der Waals surface area contributed by atoms with Gasteiger partial charge in [-0.1, -0.05) is 25.3 Å². The van der Waals surface area contributed by atoms with Crippen molar-refractivity contribution in [2.24, 2.45) is 0 Å². The van der Waals surface area contributed by atoms with E-state index in [-0.39, 0.29) is 17.5 Å². The van der Waals surface area contributed by atoms with Gasteiger partial charge in [-0.05, 0) is 57.0 Å². The molecule has 1 unspecified atom stereocenters. The maximum Gasteiger partial charge on any atom is 0.123 e. The molecule has 0 bridgehead atoms. The summed E-state index contributed by atoms with van der Waals surface area (Å²) < 4.78 is 19.9. The minimum absolute atomic E-state index is 0.0529. The van der Waals surface area contributed by atoms with E-state index in [1.165, 1.54) is 19.3 Å². The molecule has 20 heavy (non-hydrogen) atoms. The highest BCUT2D eigenvalue weighted by Crippen LogP contribution is 2.41. The third kappa shape index (κ3) is 3.21. The monoisotopic (exact) mass is 279 g/mol. The lowest BCUT2D eigenvalue weighted by Gasteiger charge is -2.43. The lowest BCUT2D eigenvalue weighted by atomic mass is 9.76. The highest BCUT2D eigenvalue weighted by molar-refractivity contribution is 5.28. The van der Waals surface area contributed by atoms with Crippen molar-refractivity contribution in [2.75, 3.05) is 13.7 Å². The van der Waals surface area contributed by atoms with E-state index in [2.05, 4.69) is 11.4 Å². The van der Waals surface area contributed by atoms with Gasteiger partial charge in [0.2, 0.25) is 0 Å². The fourth-order valence-corrected chi connectivity index (χ4v) is 3.62. The first-order valence-corrected chi connectivity index (χ1v) is 7.69. The maximum atomic E-state index is 13.7. The Morgan fingerprint density at radius 3 is 2.50 bits per heavy atom. The third-order valence-electron chi connectivity index (χ3n) is 4.34. The van der Waals surface area contributed by atoms with Crippen LogP contribution in [0.5, 0.6) is 0 Å². The number of aryl methyl sites for hydroxylation is 1. The molecule has 2 rings (SSSR count). The zero-order chi connectivity index (χ0) is 14.6. The second-order valence-electron chi connectivity index (χ2n) is 5.84. The second kappa shape index (κ2) is 6.68. The number of ether oxygens (including phenoxy) is 1. The molecule has 1 saturated carbocycles. The molecule has 1 aromatic rings. The summed E-state index contributed by atoms with van der Waals surface area (Å²) in [5.74, 6) is -0.164. The Bertz CT molecular complexity index is 415. The number of hydrogen-bond acceptors (Lipinski definition) is 2. The summed E-state index contributed by atoms with van der Waals surface area (Å²) >= 11 is 0. The van der Waals surface area contributed by atoms with Gasteiger partial charge >= 0.3 is 0 Å². The van der Waals surface area contributed by atoms with E-state index in [0.29, 0.717) is 6.61 Å². The molecule has 1 atom stereocenters. The number of nitrogens with one attached hydrogen (secondary N) is 1. The summed E-state index contributed by atoms with van der Waals surface area (Å²) in [6.45, 7) is 4.68. The van der Waals surface area contributed by atoms with Crippen LogP contribution in [-0.4, -0.2) is 19.3 Å². The Labute approximate surface area is 121 Å². The predicted octanol–water partition coefficient (Wildman–Crippen LogP) is 4.13. The van der Waals surface area contributed by atoms with E-state index >= 15 is 0 Å². The summed E-state index contributed by atoms with van der Waals surface area (Å²) in [6.07, 6.45) is 5.73. The van der Waals surface area contributed by atoms with Crippen LogP contribution in [0.2, 0.25) is 0 Å². The van der Waals surface area contributed by atoms with Crippen molar-refractivity contribution in [3.05, 3.63) is 35.1 Å². The fourth-order valence-electron chi connectivity index (χ4n) is 3.62. The summed E-state index contributed by atoms with van der Waals surface area (Å²) in [6, 6.07) is 5.34. The average molecular weight is 279 g/mol. The normalized spacial score (nSPS) is 19.8. The van der Waals surface area contributed by atoms with Crippen LogP contribution >= 0.6 is 0 Å². The van der Waals surface area contributed by atoms with Gasteiger partial charge in [0.1, 0.15) is 5.82 Å². The zero-order valence-electron chi connectivity index (χ0n) is 12.8. The molecule has 2 nitrogen and oxygen atoms in total. The van der Waals surface area contributed by atoms with E-state index in [0.717, 1.165) is 24.0 Å². The Morgan fingerprint density at radius 2 is 1.95 bits per heavy atom. The van der Waals surface area contributed by atoms with E-state index in [4.69, 9.17) is 4.74 Å². The molecular formula is C17H26FNO. The van der Waals surface area contributed by atoms with Crippen molar-refractivity contribution >= 4 is 0 Å². The fraction of sp³-hybridized carbons (Fsp3) is 0.647. The number of rotatable bonds is 5.